The van der Waals surface area contributed by atoms with Gasteiger partial charge >= 0.3 is 6.18 Å². The molecule has 4 rings (SSSR count). The highest BCUT2D eigenvalue weighted by Gasteiger charge is 2.32. The number of ether oxygens (including phenoxy) is 1. The Bertz CT molecular complexity index is 871. The lowest BCUT2D eigenvalue weighted by atomic mass is 9.84. The second kappa shape index (κ2) is 8.79. The number of nitrogens with zero attached hydrogens (tertiary/aromatic N) is 3. The Morgan fingerprint density at radius 3 is 2.73 bits per heavy atom. The summed E-state index contributed by atoms with van der Waals surface area (Å²) in [7, 11) is 0. The molecule has 5 nitrogen and oxygen atoms in total. The molecule has 8 heteroatoms. The first-order valence-electron chi connectivity index (χ1n) is 10.5. The topological polar surface area (TPSA) is 47.4 Å². The Labute approximate surface area is 173 Å². The highest BCUT2D eigenvalue weighted by molar-refractivity contribution is 5.79. The first-order chi connectivity index (χ1) is 14.4. The van der Waals surface area contributed by atoms with Crippen LogP contribution in [-0.4, -0.2) is 39.6 Å². The van der Waals surface area contributed by atoms with Crippen LogP contribution in [0.5, 0.6) is 0 Å². The van der Waals surface area contributed by atoms with E-state index < -0.39 is 11.7 Å². The Morgan fingerprint density at radius 1 is 1.23 bits per heavy atom. The minimum absolute atomic E-state index is 0.0425. The van der Waals surface area contributed by atoms with Crippen LogP contribution in [-0.2, 0) is 28.8 Å². The molecular formula is C22H26F3N3O2. The number of imidazole rings is 1. The Morgan fingerprint density at radius 2 is 2.07 bits per heavy atom. The van der Waals surface area contributed by atoms with E-state index in [1.807, 2.05) is 9.47 Å². The number of hydrogen-bond acceptors (Lipinski definition) is 3. The van der Waals surface area contributed by atoms with E-state index in [4.69, 9.17) is 4.74 Å². The van der Waals surface area contributed by atoms with Crippen LogP contribution in [0.15, 0.2) is 36.7 Å². The second-order valence-electron chi connectivity index (χ2n) is 8.15. The fourth-order valence-corrected chi connectivity index (χ4v) is 4.03. The van der Waals surface area contributed by atoms with Gasteiger partial charge in [0, 0.05) is 38.0 Å². The fourth-order valence-electron chi connectivity index (χ4n) is 4.03. The lowest BCUT2D eigenvalue weighted by molar-refractivity contribution is -0.140. The van der Waals surface area contributed by atoms with Crippen molar-refractivity contribution >= 4 is 5.91 Å². The van der Waals surface area contributed by atoms with E-state index >= 15 is 0 Å². The third-order valence-corrected chi connectivity index (χ3v) is 5.96. The summed E-state index contributed by atoms with van der Waals surface area (Å²) in [4.78, 5) is 19.2. The number of benzene rings is 1. The number of halogens is 3. The lowest BCUT2D eigenvalue weighted by Gasteiger charge is -2.33. The maximum absolute atomic E-state index is 13.0. The molecule has 162 valence electrons. The van der Waals surface area contributed by atoms with Crippen LogP contribution in [0.2, 0.25) is 0 Å². The summed E-state index contributed by atoms with van der Waals surface area (Å²) in [6.07, 6.45) is 3.89. The molecule has 30 heavy (non-hydrogen) atoms. The summed E-state index contributed by atoms with van der Waals surface area (Å²) in [6, 6.07) is 5.31. The van der Waals surface area contributed by atoms with Gasteiger partial charge in [0.1, 0.15) is 5.82 Å². The number of carbonyl (C=O) groups excluding carboxylic acids is 1. The summed E-state index contributed by atoms with van der Waals surface area (Å²) >= 11 is 0. The quantitative estimate of drug-likeness (QED) is 0.671. The zero-order valence-electron chi connectivity index (χ0n) is 16.8. The summed E-state index contributed by atoms with van der Waals surface area (Å²) in [5.74, 6) is 0.863. The molecule has 0 bridgehead atoms. The van der Waals surface area contributed by atoms with Crippen molar-refractivity contribution in [3.8, 4) is 0 Å². The number of hydrogen-bond donors (Lipinski definition) is 0. The summed E-state index contributed by atoms with van der Waals surface area (Å²) in [6.45, 7) is 1.86. The van der Waals surface area contributed by atoms with E-state index in [0.717, 1.165) is 50.8 Å². The van der Waals surface area contributed by atoms with Crippen LogP contribution in [0.1, 0.15) is 49.1 Å². The van der Waals surface area contributed by atoms with E-state index in [1.54, 1.807) is 18.5 Å². The number of rotatable bonds is 7. The molecule has 0 spiro atoms. The van der Waals surface area contributed by atoms with E-state index in [1.165, 1.54) is 6.07 Å². The molecule has 2 aliphatic rings. The molecule has 1 amide bonds. The first kappa shape index (κ1) is 20.9. The molecule has 0 radical (unpaired) electrons. The highest BCUT2D eigenvalue weighted by atomic mass is 19.4. The minimum atomic E-state index is -4.37. The molecular weight excluding hydrogens is 395 g/mol. The van der Waals surface area contributed by atoms with Crippen molar-refractivity contribution in [3.63, 3.8) is 0 Å². The summed E-state index contributed by atoms with van der Waals surface area (Å²) < 4.78 is 46.6. The first-order valence-corrected chi connectivity index (χ1v) is 10.5. The second-order valence-corrected chi connectivity index (χ2v) is 8.15. The van der Waals surface area contributed by atoms with Gasteiger partial charge in [-0.3, -0.25) is 4.79 Å². The Hall–Kier alpha value is -2.35. The smallest absolute Gasteiger partial charge is 0.376 e. The van der Waals surface area contributed by atoms with Crippen LogP contribution in [0.3, 0.4) is 0 Å². The zero-order chi connectivity index (χ0) is 21.1. The summed E-state index contributed by atoms with van der Waals surface area (Å²) in [5, 5.41) is 0. The van der Waals surface area contributed by atoms with Gasteiger partial charge in [-0.2, -0.15) is 13.2 Å². The van der Waals surface area contributed by atoms with Crippen molar-refractivity contribution in [1.82, 2.24) is 14.5 Å². The predicted octanol–water partition coefficient (Wildman–Crippen LogP) is 4.26. The monoisotopic (exact) mass is 421 g/mol. The van der Waals surface area contributed by atoms with Gasteiger partial charge in [-0.15, -0.1) is 0 Å². The van der Waals surface area contributed by atoms with E-state index in [0.29, 0.717) is 24.5 Å². The molecule has 0 N–H and O–H groups in total. The fraction of sp³-hybridized carbons (Fsp3) is 0.545. The molecule has 2 fully saturated rings. The summed E-state index contributed by atoms with van der Waals surface area (Å²) in [5.41, 5.74) is -0.123. The van der Waals surface area contributed by atoms with Gasteiger partial charge in [-0.25, -0.2) is 4.98 Å². The lowest BCUT2D eigenvalue weighted by Crippen LogP contribution is -2.42. The van der Waals surface area contributed by atoms with Crippen molar-refractivity contribution in [2.24, 2.45) is 5.92 Å². The normalized spacial score (nSPS) is 19.6. The van der Waals surface area contributed by atoms with Crippen molar-refractivity contribution in [2.75, 3.05) is 13.2 Å². The third kappa shape index (κ3) is 4.86. The van der Waals surface area contributed by atoms with Gasteiger partial charge in [0.25, 0.3) is 0 Å². The molecule has 1 saturated carbocycles. The van der Waals surface area contributed by atoms with Gasteiger partial charge in [0.15, 0.2) is 0 Å². The van der Waals surface area contributed by atoms with Crippen LogP contribution in [0.25, 0.3) is 0 Å². The van der Waals surface area contributed by atoms with Gasteiger partial charge in [0.05, 0.1) is 18.2 Å². The standard InChI is InChI=1S/C22H26F3N3O2/c23-22(24,25)18-7-1-4-16(12-18)13-27-10-9-26-20(27)15-28(14-19-8-3-11-30-19)21(29)17-5-2-6-17/h1,4,7,9-10,12,17,19H,2-3,5-6,8,11,13-15H2. The largest absolute Gasteiger partial charge is 0.416 e. The molecule has 1 aromatic carbocycles. The maximum Gasteiger partial charge on any atom is 0.416 e. The number of amides is 1. The highest BCUT2D eigenvalue weighted by Crippen LogP contribution is 2.31. The van der Waals surface area contributed by atoms with Gasteiger partial charge in [0.2, 0.25) is 5.91 Å². The molecule has 1 aromatic heterocycles. The van der Waals surface area contributed by atoms with E-state index in [-0.39, 0.29) is 24.5 Å². The van der Waals surface area contributed by atoms with E-state index in [2.05, 4.69) is 4.98 Å². The van der Waals surface area contributed by atoms with Crippen LogP contribution in [0.4, 0.5) is 13.2 Å². The predicted molar refractivity (Wildman–Crippen MR) is 105 cm³/mol. The van der Waals surface area contributed by atoms with Crippen LogP contribution >= 0.6 is 0 Å². The SMILES string of the molecule is O=C(C1CCC1)N(Cc1nccn1Cc1cccc(C(F)(F)F)c1)CC1CCCO1. The van der Waals surface area contributed by atoms with Crippen LogP contribution < -0.4 is 0 Å². The van der Waals surface area contributed by atoms with Crippen molar-refractivity contribution in [2.45, 2.75) is 57.5 Å². The minimum Gasteiger partial charge on any atom is -0.376 e. The number of alkyl halides is 3. The zero-order valence-corrected chi connectivity index (χ0v) is 16.8. The van der Waals surface area contributed by atoms with E-state index in [9.17, 15) is 18.0 Å². The molecule has 1 aliphatic heterocycles. The van der Waals surface area contributed by atoms with Crippen molar-refractivity contribution < 1.29 is 22.7 Å². The van der Waals surface area contributed by atoms with Crippen molar-refractivity contribution in [1.29, 1.82) is 0 Å². The average molecular weight is 421 g/mol. The van der Waals surface area contributed by atoms with Crippen molar-refractivity contribution in [3.05, 3.63) is 53.6 Å². The molecule has 2 aromatic rings. The molecule has 2 heterocycles. The number of aromatic nitrogens is 2. The third-order valence-electron chi connectivity index (χ3n) is 5.96. The molecule has 1 unspecified atom stereocenters. The molecule has 1 saturated heterocycles. The van der Waals surface area contributed by atoms with Crippen LogP contribution in [0, 0.1) is 5.92 Å². The molecule has 1 aliphatic carbocycles. The maximum atomic E-state index is 13.0. The molecule has 1 atom stereocenters. The van der Waals surface area contributed by atoms with Gasteiger partial charge in [-0.1, -0.05) is 18.6 Å². The Kier molecular flexibility index (Phi) is 6.13. The van der Waals surface area contributed by atoms with Gasteiger partial charge in [-0.05, 0) is 43.4 Å². The number of carbonyl (C=O) groups is 1. The average Bonchev–Trinajstić information content (AvgIpc) is 3.32. The Balaban J connectivity index is 1.49. The van der Waals surface area contributed by atoms with Gasteiger partial charge < -0.3 is 14.2 Å².